The lowest BCUT2D eigenvalue weighted by molar-refractivity contribution is -0.179. The first kappa shape index (κ1) is 12.1. The summed E-state index contributed by atoms with van der Waals surface area (Å²) < 4.78 is 34.0. The van der Waals surface area contributed by atoms with Gasteiger partial charge in [-0.05, 0) is 0 Å². The van der Waals surface area contributed by atoms with E-state index < -0.39 is 63.5 Å². The van der Waals surface area contributed by atoms with Crippen molar-refractivity contribution < 1.29 is 42.6 Å². The van der Waals surface area contributed by atoms with Crippen molar-refractivity contribution in [3.05, 3.63) is 0 Å². The third-order valence-corrected chi connectivity index (χ3v) is 1.79. The van der Waals surface area contributed by atoms with Gasteiger partial charge in [-0.2, -0.15) is 0 Å². The number of aliphatic hydroxyl groups excluding tert-OH is 1. The molecular weight excluding hydrogens is 260 g/mol. The van der Waals surface area contributed by atoms with Gasteiger partial charge in [0.15, 0.2) is 18.5 Å². The van der Waals surface area contributed by atoms with E-state index in [0.29, 0.717) is 0 Å². The fourth-order valence-electron chi connectivity index (χ4n) is 1.11. The number of esters is 3. The van der Waals surface area contributed by atoms with Crippen LogP contribution < -0.4 is 0 Å². The smallest absolute Gasteiger partial charge is 0.303 e. The monoisotopic (exact) mass is 279 g/mol. The van der Waals surface area contributed by atoms with Crippen LogP contribution in [0, 0.1) is 0 Å². The predicted molar refractivity (Wildman–Crippen MR) is 59.8 cm³/mol. The molecule has 0 aromatic carbocycles. The highest BCUT2D eigenvalue weighted by molar-refractivity contribution is 5.71. The molecule has 0 aliphatic heterocycles. The van der Waals surface area contributed by atoms with Crippen LogP contribution in [0.1, 0.15) is 24.8 Å². The number of hydrogen-bond donors (Lipinski definition) is 1. The summed E-state index contributed by atoms with van der Waals surface area (Å²) in [7, 11) is 0. The average Bonchev–Trinajstić information content (AvgIpc) is 2.54. The minimum Gasteiger partial charge on any atom is -0.463 e. The Morgan fingerprint density at radius 1 is 1.16 bits per heavy atom. The number of aldehydes is 1. The molecule has 8 nitrogen and oxygen atoms in total. The molecule has 0 fully saturated rings. The highest BCUT2D eigenvalue weighted by Crippen LogP contribution is 2.10. The van der Waals surface area contributed by atoms with Gasteiger partial charge >= 0.3 is 17.9 Å². The summed E-state index contributed by atoms with van der Waals surface area (Å²) in [4.78, 5) is 44.0. The Hall–Kier alpha value is -1.96. The summed E-state index contributed by atoms with van der Waals surface area (Å²) in [5.41, 5.74) is 0. The molecule has 0 amide bonds. The largest absolute Gasteiger partial charge is 0.463 e. The summed E-state index contributed by atoms with van der Waals surface area (Å²) in [6.45, 7) is -3.02. The molecule has 0 unspecified atom stereocenters. The van der Waals surface area contributed by atoms with E-state index in [0.717, 1.165) is 0 Å². The Bertz CT molecular complexity index is 403. The lowest BCUT2D eigenvalue weighted by Gasteiger charge is -2.26. The number of carbonyl (C=O) groups is 4. The average molecular weight is 279 g/mol. The van der Waals surface area contributed by atoms with Crippen LogP contribution in [0.4, 0.5) is 0 Å². The molecule has 0 saturated carbocycles. The molecule has 0 heterocycles. The molecular formula is C11H16O8. The summed E-state index contributed by atoms with van der Waals surface area (Å²) >= 11 is 0. The molecule has 1 N–H and O–H groups in total. The molecule has 0 rings (SSSR count). The lowest BCUT2D eigenvalue weighted by Crippen LogP contribution is -2.46. The maximum atomic E-state index is 11.1. The molecule has 8 heteroatoms. The third-order valence-electron chi connectivity index (χ3n) is 1.79. The zero-order valence-corrected chi connectivity index (χ0v) is 9.94. The van der Waals surface area contributed by atoms with E-state index in [9.17, 15) is 24.3 Å². The fraction of sp³-hybridized carbons (Fsp3) is 0.636. The fourth-order valence-corrected chi connectivity index (χ4v) is 1.11. The Labute approximate surface area is 113 Å². The van der Waals surface area contributed by atoms with Gasteiger partial charge in [-0.3, -0.25) is 19.2 Å². The molecule has 0 aliphatic rings. The van der Waals surface area contributed by atoms with Crippen molar-refractivity contribution in [2.45, 2.75) is 39.0 Å². The summed E-state index contributed by atoms with van der Waals surface area (Å²) in [6, 6.07) is 0. The summed E-state index contributed by atoms with van der Waals surface area (Å²) in [6.07, 6.45) is -5.08. The number of aliphatic hydroxyl groups is 1. The lowest BCUT2D eigenvalue weighted by atomic mass is 10.1. The first-order chi connectivity index (χ1) is 10.4. The van der Waals surface area contributed by atoms with Crippen molar-refractivity contribution in [1.82, 2.24) is 0 Å². The number of carbonyl (C=O) groups excluding carboxylic acids is 4. The van der Waals surface area contributed by atoms with Crippen molar-refractivity contribution >= 4 is 24.2 Å². The van der Waals surface area contributed by atoms with Crippen molar-refractivity contribution in [2.75, 3.05) is 6.61 Å². The minimum atomic E-state index is -1.72. The predicted octanol–water partition coefficient (Wildman–Crippen LogP) is -1.03. The van der Waals surface area contributed by atoms with Gasteiger partial charge in [0.1, 0.15) is 12.7 Å². The summed E-state index contributed by atoms with van der Waals surface area (Å²) in [5.74, 6) is -3.17. The van der Waals surface area contributed by atoms with Crippen LogP contribution in [0.15, 0.2) is 0 Å². The molecule has 0 spiro atoms. The zero-order chi connectivity index (χ0) is 17.1. The molecule has 0 aromatic rings. The van der Waals surface area contributed by atoms with Crippen LogP contribution in [0.3, 0.4) is 0 Å². The van der Waals surface area contributed by atoms with E-state index in [2.05, 4.69) is 14.2 Å². The normalized spacial score (nSPS) is 16.8. The Morgan fingerprint density at radius 3 is 2.26 bits per heavy atom. The van der Waals surface area contributed by atoms with E-state index in [4.69, 9.17) is 4.11 Å². The van der Waals surface area contributed by atoms with Crippen molar-refractivity contribution in [3.63, 3.8) is 0 Å². The second kappa shape index (κ2) is 8.20. The molecule has 0 radical (unpaired) electrons. The van der Waals surface area contributed by atoms with E-state index in [-0.39, 0.29) is 6.29 Å². The SMILES string of the molecule is [2H]CC(=O)OC[C@@H](O)[C@@H](OC(=O)C[2H])[C@H](C=O)OC(=O)C[2H]. The number of hydrogen-bond acceptors (Lipinski definition) is 8. The molecule has 108 valence electrons. The van der Waals surface area contributed by atoms with Gasteiger partial charge in [-0.15, -0.1) is 0 Å². The van der Waals surface area contributed by atoms with Crippen LogP contribution in [-0.4, -0.2) is 54.2 Å². The van der Waals surface area contributed by atoms with E-state index in [1.165, 1.54) is 0 Å². The molecule has 0 saturated heterocycles. The van der Waals surface area contributed by atoms with Gasteiger partial charge in [-0.1, -0.05) is 0 Å². The number of rotatable bonds is 7. The molecule has 19 heavy (non-hydrogen) atoms. The molecule has 0 aromatic heterocycles. The van der Waals surface area contributed by atoms with Gasteiger partial charge in [0.25, 0.3) is 0 Å². The Morgan fingerprint density at radius 2 is 1.74 bits per heavy atom. The minimum absolute atomic E-state index is 0.0744. The zero-order valence-electron chi connectivity index (χ0n) is 12.9. The van der Waals surface area contributed by atoms with Gasteiger partial charge in [0.05, 0.1) is 0 Å². The van der Waals surface area contributed by atoms with E-state index in [1.54, 1.807) is 0 Å². The third kappa shape index (κ3) is 7.14. The van der Waals surface area contributed by atoms with E-state index >= 15 is 0 Å². The molecule has 3 atom stereocenters. The first-order valence-electron chi connectivity index (χ1n) is 7.07. The maximum absolute atomic E-state index is 11.1. The van der Waals surface area contributed by atoms with Crippen LogP contribution in [0.25, 0.3) is 0 Å². The van der Waals surface area contributed by atoms with Gasteiger partial charge < -0.3 is 19.3 Å². The van der Waals surface area contributed by atoms with Crippen LogP contribution in [0.5, 0.6) is 0 Å². The second-order valence-corrected chi connectivity index (χ2v) is 3.30. The van der Waals surface area contributed by atoms with Crippen molar-refractivity contribution in [1.29, 1.82) is 0 Å². The second-order valence-electron chi connectivity index (χ2n) is 3.30. The Kier molecular flexibility index (Phi) is 5.22. The standard InChI is InChI=1S/C11H16O8/c1-6(13)17-5-9(16)11(19-8(3)15)10(4-12)18-7(2)14/h4,9-11,16H,5H2,1-3H3/t9-,10+,11-/m1/s1/i1D,2D,3D. The quantitative estimate of drug-likeness (QED) is 0.357. The first-order valence-corrected chi connectivity index (χ1v) is 4.95. The Balaban J connectivity index is 4.97. The van der Waals surface area contributed by atoms with Crippen molar-refractivity contribution in [3.8, 4) is 0 Å². The van der Waals surface area contributed by atoms with Gasteiger partial charge in [0, 0.05) is 24.8 Å². The molecule has 0 aliphatic carbocycles. The topological polar surface area (TPSA) is 116 Å². The summed E-state index contributed by atoms with van der Waals surface area (Å²) in [5, 5.41) is 9.81. The van der Waals surface area contributed by atoms with Gasteiger partial charge in [-0.25, -0.2) is 0 Å². The van der Waals surface area contributed by atoms with Crippen molar-refractivity contribution in [2.24, 2.45) is 0 Å². The van der Waals surface area contributed by atoms with Crippen LogP contribution in [0.2, 0.25) is 0 Å². The number of ether oxygens (including phenoxy) is 3. The van der Waals surface area contributed by atoms with Gasteiger partial charge in [0.2, 0.25) is 0 Å². The van der Waals surface area contributed by atoms with E-state index in [1.807, 2.05) is 0 Å². The highest BCUT2D eigenvalue weighted by atomic mass is 16.6. The van der Waals surface area contributed by atoms with Crippen LogP contribution in [-0.2, 0) is 33.4 Å². The molecule has 0 bridgehead atoms. The highest BCUT2D eigenvalue weighted by Gasteiger charge is 2.34. The maximum Gasteiger partial charge on any atom is 0.303 e. The van der Waals surface area contributed by atoms with Crippen LogP contribution >= 0.6 is 0 Å².